The summed E-state index contributed by atoms with van der Waals surface area (Å²) < 4.78 is 27.0. The average Bonchev–Trinajstić information content (AvgIpc) is 2.40. The average molecular weight is 319 g/mol. The van der Waals surface area contributed by atoms with Crippen molar-refractivity contribution in [3.63, 3.8) is 0 Å². The van der Waals surface area contributed by atoms with E-state index in [2.05, 4.69) is 17.0 Å². The minimum absolute atomic E-state index is 0. The minimum atomic E-state index is -3.20. The molecule has 0 aliphatic carbocycles. The van der Waals surface area contributed by atoms with Gasteiger partial charge in [-0.2, -0.15) is 0 Å². The smallest absolute Gasteiger partial charge is 0.212 e. The van der Waals surface area contributed by atoms with Crippen molar-refractivity contribution in [2.75, 3.05) is 18.8 Å². The van der Waals surface area contributed by atoms with Gasteiger partial charge in [-0.25, -0.2) is 13.1 Å². The molecule has 20 heavy (non-hydrogen) atoms. The molecule has 2 rings (SSSR count). The van der Waals surface area contributed by atoms with Crippen LogP contribution in [0.1, 0.15) is 18.9 Å². The highest BCUT2D eigenvalue weighted by Crippen LogP contribution is 2.12. The molecule has 1 heterocycles. The maximum absolute atomic E-state index is 12.1. The molecule has 1 saturated heterocycles. The number of piperidine rings is 1. The second kappa shape index (κ2) is 7.98. The Hall–Kier alpha value is -0.620. The van der Waals surface area contributed by atoms with E-state index in [1.165, 1.54) is 0 Å². The first kappa shape index (κ1) is 17.4. The summed E-state index contributed by atoms with van der Waals surface area (Å²) in [5.41, 5.74) is 1.06. The third-order valence-electron chi connectivity index (χ3n) is 3.66. The van der Waals surface area contributed by atoms with Crippen LogP contribution in [0.3, 0.4) is 0 Å². The minimum Gasteiger partial charge on any atom is -0.315 e. The molecule has 0 saturated carbocycles. The van der Waals surface area contributed by atoms with Crippen LogP contribution in [-0.4, -0.2) is 33.3 Å². The van der Waals surface area contributed by atoms with Gasteiger partial charge in [0.25, 0.3) is 0 Å². The third-order valence-corrected chi connectivity index (χ3v) is 5.06. The molecule has 1 aliphatic rings. The van der Waals surface area contributed by atoms with Crippen molar-refractivity contribution in [1.82, 2.24) is 10.0 Å². The zero-order valence-corrected chi connectivity index (χ0v) is 13.3. The third kappa shape index (κ3) is 5.40. The Kier molecular flexibility index (Phi) is 6.95. The van der Waals surface area contributed by atoms with E-state index in [9.17, 15) is 8.42 Å². The molecule has 0 aromatic heterocycles. The summed E-state index contributed by atoms with van der Waals surface area (Å²) in [6.45, 7) is 3.81. The molecule has 2 unspecified atom stereocenters. The van der Waals surface area contributed by atoms with Gasteiger partial charge in [0.05, 0.1) is 5.75 Å². The van der Waals surface area contributed by atoms with Gasteiger partial charge in [-0.15, -0.1) is 12.4 Å². The standard InChI is InChI=1S/C14H22N2O2S.ClH/c1-12-7-9-15-11-14(12)16-19(17,18)10-8-13-5-3-2-4-6-13;/h2-6,12,14-16H,7-11H2,1H3;1H. The van der Waals surface area contributed by atoms with Crippen molar-refractivity contribution < 1.29 is 8.42 Å². The number of halogens is 1. The van der Waals surface area contributed by atoms with Crippen molar-refractivity contribution in [2.45, 2.75) is 25.8 Å². The fourth-order valence-electron chi connectivity index (χ4n) is 2.33. The predicted molar refractivity (Wildman–Crippen MR) is 84.8 cm³/mol. The zero-order valence-electron chi connectivity index (χ0n) is 11.7. The Bertz CT molecular complexity index is 493. The van der Waals surface area contributed by atoms with E-state index in [1.807, 2.05) is 30.3 Å². The second-order valence-corrected chi connectivity index (χ2v) is 7.12. The maximum Gasteiger partial charge on any atom is 0.212 e. The van der Waals surface area contributed by atoms with E-state index in [-0.39, 0.29) is 24.2 Å². The molecule has 0 bridgehead atoms. The molecular formula is C14H23ClN2O2S. The van der Waals surface area contributed by atoms with Crippen LogP contribution in [-0.2, 0) is 16.4 Å². The van der Waals surface area contributed by atoms with Crippen LogP contribution < -0.4 is 10.0 Å². The van der Waals surface area contributed by atoms with Crippen molar-refractivity contribution >= 4 is 22.4 Å². The Morgan fingerprint density at radius 2 is 2.00 bits per heavy atom. The summed E-state index contributed by atoms with van der Waals surface area (Å²) in [5, 5.41) is 3.23. The molecule has 0 spiro atoms. The largest absolute Gasteiger partial charge is 0.315 e. The highest BCUT2D eigenvalue weighted by atomic mass is 35.5. The molecule has 1 aromatic rings. The molecule has 2 atom stereocenters. The monoisotopic (exact) mass is 318 g/mol. The van der Waals surface area contributed by atoms with Crippen molar-refractivity contribution in [2.24, 2.45) is 5.92 Å². The van der Waals surface area contributed by atoms with E-state index in [4.69, 9.17) is 0 Å². The highest BCUT2D eigenvalue weighted by molar-refractivity contribution is 7.89. The molecule has 0 amide bonds. The first-order chi connectivity index (χ1) is 9.07. The number of aryl methyl sites for hydroxylation is 1. The second-order valence-electron chi connectivity index (χ2n) is 5.25. The summed E-state index contributed by atoms with van der Waals surface area (Å²) in [6.07, 6.45) is 1.58. The first-order valence-corrected chi connectivity index (χ1v) is 8.47. The Morgan fingerprint density at radius 1 is 1.30 bits per heavy atom. The van der Waals surface area contributed by atoms with E-state index in [0.717, 1.165) is 25.1 Å². The lowest BCUT2D eigenvalue weighted by Crippen LogP contribution is -2.50. The van der Waals surface area contributed by atoms with E-state index >= 15 is 0 Å². The maximum atomic E-state index is 12.1. The number of hydrogen-bond acceptors (Lipinski definition) is 3. The van der Waals surface area contributed by atoms with Gasteiger partial charge in [0.15, 0.2) is 0 Å². The van der Waals surface area contributed by atoms with Gasteiger partial charge < -0.3 is 5.32 Å². The number of nitrogens with one attached hydrogen (secondary N) is 2. The van der Waals surface area contributed by atoms with E-state index < -0.39 is 10.0 Å². The van der Waals surface area contributed by atoms with Crippen LogP contribution >= 0.6 is 12.4 Å². The number of hydrogen-bond donors (Lipinski definition) is 2. The summed E-state index contributed by atoms with van der Waals surface area (Å²) in [6, 6.07) is 9.74. The summed E-state index contributed by atoms with van der Waals surface area (Å²) >= 11 is 0. The van der Waals surface area contributed by atoms with Gasteiger partial charge in [0.1, 0.15) is 0 Å². The van der Waals surface area contributed by atoms with Gasteiger partial charge in [-0.05, 0) is 30.9 Å². The van der Waals surface area contributed by atoms with Gasteiger partial charge in [0.2, 0.25) is 10.0 Å². The van der Waals surface area contributed by atoms with Crippen molar-refractivity contribution in [3.05, 3.63) is 35.9 Å². The molecule has 1 fully saturated rings. The molecule has 114 valence electrons. The predicted octanol–water partition coefficient (Wildman–Crippen LogP) is 1.57. The highest BCUT2D eigenvalue weighted by Gasteiger charge is 2.25. The number of sulfonamides is 1. The van der Waals surface area contributed by atoms with Crippen LogP contribution in [0.4, 0.5) is 0 Å². The number of rotatable bonds is 5. The van der Waals surface area contributed by atoms with E-state index in [1.54, 1.807) is 0 Å². The normalized spacial score (nSPS) is 23.1. The SMILES string of the molecule is CC1CCNCC1NS(=O)(=O)CCc1ccccc1.Cl. The van der Waals surface area contributed by atoms with Crippen LogP contribution in [0.2, 0.25) is 0 Å². The molecule has 1 aromatic carbocycles. The fraction of sp³-hybridized carbons (Fsp3) is 0.571. The van der Waals surface area contributed by atoms with Gasteiger partial charge in [-0.3, -0.25) is 0 Å². The molecule has 4 nitrogen and oxygen atoms in total. The quantitative estimate of drug-likeness (QED) is 0.866. The summed E-state index contributed by atoms with van der Waals surface area (Å²) in [5.74, 6) is 0.549. The van der Waals surface area contributed by atoms with Gasteiger partial charge in [-0.1, -0.05) is 37.3 Å². The lowest BCUT2D eigenvalue weighted by molar-refractivity contribution is 0.327. The lowest BCUT2D eigenvalue weighted by Gasteiger charge is -2.29. The first-order valence-electron chi connectivity index (χ1n) is 6.81. The molecule has 6 heteroatoms. The summed E-state index contributed by atoms with van der Waals surface area (Å²) in [4.78, 5) is 0. The van der Waals surface area contributed by atoms with Crippen LogP contribution in [0, 0.1) is 5.92 Å². The molecule has 2 N–H and O–H groups in total. The Morgan fingerprint density at radius 3 is 2.65 bits per heavy atom. The number of benzene rings is 1. The molecular weight excluding hydrogens is 296 g/mol. The van der Waals surface area contributed by atoms with Gasteiger partial charge in [0, 0.05) is 12.6 Å². The van der Waals surface area contributed by atoms with Crippen molar-refractivity contribution in [3.8, 4) is 0 Å². The van der Waals surface area contributed by atoms with Crippen LogP contribution in [0.5, 0.6) is 0 Å². The zero-order chi connectivity index (χ0) is 13.7. The van der Waals surface area contributed by atoms with Crippen LogP contribution in [0.25, 0.3) is 0 Å². The lowest BCUT2D eigenvalue weighted by atomic mass is 9.96. The van der Waals surface area contributed by atoms with E-state index in [0.29, 0.717) is 12.3 Å². The Labute approximate surface area is 127 Å². The topological polar surface area (TPSA) is 58.2 Å². The van der Waals surface area contributed by atoms with Crippen LogP contribution in [0.15, 0.2) is 30.3 Å². The summed E-state index contributed by atoms with van der Waals surface area (Å²) in [7, 11) is -3.20. The molecule has 1 aliphatic heterocycles. The Balaban J connectivity index is 0.00000200. The fourth-order valence-corrected chi connectivity index (χ4v) is 3.73. The molecule has 0 radical (unpaired) electrons. The van der Waals surface area contributed by atoms with Gasteiger partial charge >= 0.3 is 0 Å². The van der Waals surface area contributed by atoms with Crippen molar-refractivity contribution in [1.29, 1.82) is 0 Å².